The molecule has 0 bridgehead atoms. The first-order valence-corrected chi connectivity index (χ1v) is 9.00. The van der Waals surface area contributed by atoms with Gasteiger partial charge in [-0.2, -0.15) is 8.78 Å². The summed E-state index contributed by atoms with van der Waals surface area (Å²) in [6.07, 6.45) is 2.82. The van der Waals surface area contributed by atoms with Crippen LogP contribution in [0.5, 0.6) is 11.5 Å². The van der Waals surface area contributed by atoms with Gasteiger partial charge in [0.1, 0.15) is 6.61 Å². The summed E-state index contributed by atoms with van der Waals surface area (Å²) < 4.78 is 39.4. The molecule has 7 nitrogen and oxygen atoms in total. The molecule has 0 unspecified atom stereocenters. The lowest BCUT2D eigenvalue weighted by atomic mass is 10.2. The summed E-state index contributed by atoms with van der Waals surface area (Å²) in [5.41, 5.74) is 1.68. The van der Waals surface area contributed by atoms with E-state index in [9.17, 15) is 18.4 Å². The van der Waals surface area contributed by atoms with Crippen LogP contribution in [0.3, 0.4) is 0 Å². The lowest BCUT2D eigenvalue weighted by Crippen LogP contribution is -2.17. The monoisotopic (exact) mass is 420 g/mol. The van der Waals surface area contributed by atoms with Crippen LogP contribution in [0.15, 0.2) is 48.5 Å². The molecule has 0 aliphatic rings. The van der Waals surface area contributed by atoms with Crippen molar-refractivity contribution in [3.05, 3.63) is 54.1 Å². The SMILES string of the molecule is CCOc1cc(/C=C/C(=O)Nc2ccc(NC(=O)COC)cc2)ccc1OC(F)F. The number of halogens is 2. The molecule has 2 N–H and O–H groups in total. The number of alkyl halides is 2. The predicted octanol–water partition coefficient (Wildman–Crippen LogP) is 3.92. The number of rotatable bonds is 10. The van der Waals surface area contributed by atoms with Crippen molar-refractivity contribution >= 4 is 29.3 Å². The number of carbonyl (C=O) groups is 2. The van der Waals surface area contributed by atoms with Crippen LogP contribution in [0.25, 0.3) is 6.08 Å². The number of ether oxygens (including phenoxy) is 3. The van der Waals surface area contributed by atoms with Crippen molar-refractivity contribution in [1.29, 1.82) is 0 Å². The predicted molar refractivity (Wildman–Crippen MR) is 109 cm³/mol. The molecule has 160 valence electrons. The molecule has 0 fully saturated rings. The zero-order chi connectivity index (χ0) is 21.9. The van der Waals surface area contributed by atoms with E-state index in [4.69, 9.17) is 9.47 Å². The van der Waals surface area contributed by atoms with Gasteiger partial charge >= 0.3 is 6.61 Å². The molecule has 0 aliphatic heterocycles. The Morgan fingerprint density at radius 3 is 2.30 bits per heavy atom. The highest BCUT2D eigenvalue weighted by atomic mass is 19.3. The van der Waals surface area contributed by atoms with Crippen molar-refractivity contribution in [1.82, 2.24) is 0 Å². The van der Waals surface area contributed by atoms with Gasteiger partial charge in [-0.25, -0.2) is 0 Å². The number of nitrogens with one attached hydrogen (secondary N) is 2. The number of carbonyl (C=O) groups excluding carboxylic acids is 2. The summed E-state index contributed by atoms with van der Waals surface area (Å²) in [5.74, 6) is -0.594. The van der Waals surface area contributed by atoms with Crippen LogP contribution in [0.1, 0.15) is 12.5 Å². The Kier molecular flexibility index (Phi) is 8.76. The van der Waals surface area contributed by atoms with E-state index in [0.29, 0.717) is 16.9 Å². The maximum absolute atomic E-state index is 12.5. The number of methoxy groups -OCH3 is 1. The van der Waals surface area contributed by atoms with Crippen LogP contribution in [0.2, 0.25) is 0 Å². The maximum Gasteiger partial charge on any atom is 0.387 e. The summed E-state index contributed by atoms with van der Waals surface area (Å²) in [6.45, 7) is -1.02. The molecule has 0 spiro atoms. The summed E-state index contributed by atoms with van der Waals surface area (Å²) >= 11 is 0. The van der Waals surface area contributed by atoms with Crippen LogP contribution in [-0.4, -0.2) is 38.7 Å². The van der Waals surface area contributed by atoms with Gasteiger partial charge in [0.2, 0.25) is 11.8 Å². The molecular formula is C21H22F2N2O5. The summed E-state index contributed by atoms with van der Waals surface area (Å²) in [7, 11) is 1.43. The molecule has 0 heterocycles. The van der Waals surface area contributed by atoms with Crippen molar-refractivity contribution in [2.45, 2.75) is 13.5 Å². The largest absolute Gasteiger partial charge is 0.490 e. The molecule has 2 aromatic carbocycles. The fraction of sp³-hybridized carbons (Fsp3) is 0.238. The topological polar surface area (TPSA) is 85.9 Å². The minimum absolute atomic E-state index is 0.0521. The summed E-state index contributed by atoms with van der Waals surface area (Å²) in [5, 5.41) is 5.32. The Bertz CT molecular complexity index is 885. The first-order valence-electron chi connectivity index (χ1n) is 9.00. The second-order valence-corrected chi connectivity index (χ2v) is 5.90. The Morgan fingerprint density at radius 2 is 1.70 bits per heavy atom. The maximum atomic E-state index is 12.5. The highest BCUT2D eigenvalue weighted by Crippen LogP contribution is 2.30. The third-order valence-corrected chi connectivity index (χ3v) is 3.62. The van der Waals surface area contributed by atoms with Crippen molar-refractivity contribution in [2.24, 2.45) is 0 Å². The van der Waals surface area contributed by atoms with Gasteiger partial charge < -0.3 is 24.8 Å². The van der Waals surface area contributed by atoms with Crippen LogP contribution in [0.4, 0.5) is 20.2 Å². The quantitative estimate of drug-likeness (QED) is 0.569. The van der Waals surface area contributed by atoms with E-state index >= 15 is 0 Å². The van der Waals surface area contributed by atoms with Crippen LogP contribution >= 0.6 is 0 Å². The van der Waals surface area contributed by atoms with E-state index in [2.05, 4.69) is 15.4 Å². The van der Waals surface area contributed by atoms with E-state index in [0.717, 1.165) is 0 Å². The van der Waals surface area contributed by atoms with Crippen LogP contribution in [0, 0.1) is 0 Å². The molecular weight excluding hydrogens is 398 g/mol. The molecule has 2 rings (SSSR count). The number of hydrogen-bond acceptors (Lipinski definition) is 5. The second kappa shape index (κ2) is 11.5. The molecule has 9 heteroatoms. The smallest absolute Gasteiger partial charge is 0.387 e. The summed E-state index contributed by atoms with van der Waals surface area (Å²) in [4.78, 5) is 23.6. The minimum atomic E-state index is -2.96. The zero-order valence-electron chi connectivity index (χ0n) is 16.5. The fourth-order valence-electron chi connectivity index (χ4n) is 2.41. The third kappa shape index (κ3) is 7.51. The van der Waals surface area contributed by atoms with Crippen molar-refractivity contribution in [3.63, 3.8) is 0 Å². The number of benzene rings is 2. The number of hydrogen-bond donors (Lipinski definition) is 2. The lowest BCUT2D eigenvalue weighted by molar-refractivity contribution is -0.119. The van der Waals surface area contributed by atoms with E-state index in [1.807, 2.05) is 0 Å². The fourth-order valence-corrected chi connectivity index (χ4v) is 2.41. The summed E-state index contributed by atoms with van der Waals surface area (Å²) in [6, 6.07) is 10.9. The van der Waals surface area contributed by atoms with Gasteiger partial charge in [-0.3, -0.25) is 9.59 Å². The van der Waals surface area contributed by atoms with Crippen molar-refractivity contribution in [2.75, 3.05) is 31.0 Å². The molecule has 0 atom stereocenters. The molecule has 0 radical (unpaired) electrons. The first-order chi connectivity index (χ1) is 14.4. The first kappa shape index (κ1) is 22.8. The Labute approximate surface area is 172 Å². The van der Waals surface area contributed by atoms with Gasteiger partial charge in [-0.15, -0.1) is 0 Å². The third-order valence-electron chi connectivity index (χ3n) is 3.62. The average Bonchev–Trinajstić information content (AvgIpc) is 2.69. The van der Waals surface area contributed by atoms with E-state index in [1.165, 1.54) is 37.5 Å². The molecule has 2 amide bonds. The van der Waals surface area contributed by atoms with Gasteiger partial charge in [0.05, 0.1) is 6.61 Å². The van der Waals surface area contributed by atoms with Crippen molar-refractivity contribution < 1.29 is 32.6 Å². The number of anilines is 2. The Balaban J connectivity index is 1.98. The standard InChI is InChI=1S/C21H22F2N2O5/c1-3-29-18-12-14(4-10-17(18)30-21(22)23)5-11-19(26)24-15-6-8-16(9-7-15)25-20(27)13-28-2/h4-12,21H,3,13H2,1-2H3,(H,24,26)(H,25,27)/b11-5+. The Hall–Kier alpha value is -3.46. The molecule has 0 saturated carbocycles. The van der Waals surface area contributed by atoms with Gasteiger partial charge in [-0.05, 0) is 55.0 Å². The minimum Gasteiger partial charge on any atom is -0.490 e. The molecule has 30 heavy (non-hydrogen) atoms. The molecule has 0 aliphatic carbocycles. The van der Waals surface area contributed by atoms with Gasteiger partial charge in [0.15, 0.2) is 11.5 Å². The normalized spacial score (nSPS) is 10.8. The lowest BCUT2D eigenvalue weighted by Gasteiger charge is -2.11. The van der Waals surface area contributed by atoms with Gasteiger partial charge in [0, 0.05) is 24.6 Å². The Morgan fingerprint density at radius 1 is 1.03 bits per heavy atom. The number of amides is 2. The second-order valence-electron chi connectivity index (χ2n) is 5.90. The molecule has 2 aromatic rings. The highest BCUT2D eigenvalue weighted by Gasteiger charge is 2.11. The van der Waals surface area contributed by atoms with E-state index < -0.39 is 12.5 Å². The van der Waals surface area contributed by atoms with Gasteiger partial charge in [-0.1, -0.05) is 6.07 Å². The molecule has 0 saturated heterocycles. The van der Waals surface area contributed by atoms with Crippen LogP contribution in [-0.2, 0) is 14.3 Å². The van der Waals surface area contributed by atoms with Crippen LogP contribution < -0.4 is 20.1 Å². The van der Waals surface area contributed by atoms with E-state index in [1.54, 1.807) is 31.2 Å². The molecule has 0 aromatic heterocycles. The van der Waals surface area contributed by atoms with Crippen molar-refractivity contribution in [3.8, 4) is 11.5 Å². The zero-order valence-corrected chi connectivity index (χ0v) is 16.5. The average molecular weight is 420 g/mol. The van der Waals surface area contributed by atoms with E-state index in [-0.39, 0.29) is 30.6 Å². The highest BCUT2D eigenvalue weighted by molar-refractivity contribution is 6.02. The van der Waals surface area contributed by atoms with Gasteiger partial charge in [0.25, 0.3) is 0 Å².